The minimum atomic E-state index is -1.08. The van der Waals surface area contributed by atoms with E-state index in [0.29, 0.717) is 22.7 Å². The number of methoxy groups -OCH3 is 2. The van der Waals surface area contributed by atoms with Crippen molar-refractivity contribution in [2.45, 2.75) is 13.0 Å². The van der Waals surface area contributed by atoms with Crippen molar-refractivity contribution in [3.05, 3.63) is 52.5 Å². The quantitative estimate of drug-likeness (QED) is 0.570. The van der Waals surface area contributed by atoms with Crippen molar-refractivity contribution in [2.24, 2.45) is 4.99 Å². The largest absolute Gasteiger partial charge is 0.493 e. The highest BCUT2D eigenvalue weighted by atomic mass is 35.5. The first-order chi connectivity index (χ1) is 12.8. The normalized spacial score (nSPS) is 11.9. The van der Waals surface area contributed by atoms with Crippen molar-refractivity contribution >= 4 is 35.4 Å². The van der Waals surface area contributed by atoms with E-state index in [1.54, 1.807) is 36.5 Å². The molecule has 0 radical (unpaired) electrons. The first-order valence-electron chi connectivity index (χ1n) is 7.85. The van der Waals surface area contributed by atoms with Gasteiger partial charge >= 0.3 is 11.9 Å². The second-order valence-electron chi connectivity index (χ2n) is 5.42. The van der Waals surface area contributed by atoms with Crippen LogP contribution in [0.2, 0.25) is 5.02 Å². The van der Waals surface area contributed by atoms with E-state index in [0.717, 1.165) is 0 Å². The molecular formula is C19H18ClNO6. The number of carboxylic acid groups (broad SMARTS) is 1. The number of nitrogens with zero attached hydrogens (tertiary/aromatic N) is 1. The maximum Gasteiger partial charge on any atom is 0.344 e. The third kappa shape index (κ3) is 5.21. The summed E-state index contributed by atoms with van der Waals surface area (Å²) < 4.78 is 15.3. The van der Waals surface area contributed by atoms with Crippen LogP contribution in [0.15, 0.2) is 41.4 Å². The Hall–Kier alpha value is -3.06. The molecule has 0 aliphatic rings. The Morgan fingerprint density at radius 3 is 2.52 bits per heavy atom. The number of ether oxygens (including phenoxy) is 3. The average molecular weight is 392 g/mol. The molecule has 0 heterocycles. The lowest BCUT2D eigenvalue weighted by molar-refractivity contribution is -0.144. The molecule has 0 fully saturated rings. The van der Waals surface area contributed by atoms with Gasteiger partial charge in [0.05, 0.1) is 30.5 Å². The summed E-state index contributed by atoms with van der Waals surface area (Å²) in [6.07, 6.45) is 0.557. The lowest BCUT2D eigenvalue weighted by Gasteiger charge is -2.14. The summed E-state index contributed by atoms with van der Waals surface area (Å²) in [5.41, 5.74) is 1.42. The fraction of sp³-hybridized carbons (Fsp3) is 0.211. The van der Waals surface area contributed by atoms with Crippen LogP contribution < -0.4 is 9.47 Å². The number of carbonyl (C=O) groups is 2. The summed E-state index contributed by atoms with van der Waals surface area (Å²) in [6, 6.07) is 9.70. The summed E-state index contributed by atoms with van der Waals surface area (Å²) >= 11 is 5.98. The number of aliphatic carboxylic acids is 1. The number of halogens is 1. The van der Waals surface area contributed by atoms with Crippen molar-refractivity contribution in [1.29, 1.82) is 0 Å². The third-order valence-corrected chi connectivity index (χ3v) is 3.89. The van der Waals surface area contributed by atoms with Gasteiger partial charge in [-0.25, -0.2) is 9.59 Å². The zero-order valence-corrected chi connectivity index (χ0v) is 15.7. The average Bonchev–Trinajstić information content (AvgIpc) is 2.67. The number of carboxylic acids is 1. The van der Waals surface area contributed by atoms with Crippen LogP contribution in [0, 0.1) is 0 Å². The van der Waals surface area contributed by atoms with Gasteiger partial charge in [-0.05, 0) is 48.9 Å². The molecule has 0 bridgehead atoms. The van der Waals surface area contributed by atoms with Crippen molar-refractivity contribution in [2.75, 3.05) is 14.2 Å². The molecular weight excluding hydrogens is 374 g/mol. The van der Waals surface area contributed by atoms with E-state index in [1.807, 2.05) is 0 Å². The fourth-order valence-corrected chi connectivity index (χ4v) is 2.31. The van der Waals surface area contributed by atoms with Crippen LogP contribution in [0.4, 0.5) is 5.69 Å². The number of hydrogen-bond acceptors (Lipinski definition) is 6. The lowest BCUT2D eigenvalue weighted by Crippen LogP contribution is -2.23. The molecule has 0 saturated heterocycles. The molecule has 142 valence electrons. The smallest absolute Gasteiger partial charge is 0.344 e. The lowest BCUT2D eigenvalue weighted by atomic mass is 10.2. The fourth-order valence-electron chi connectivity index (χ4n) is 2.11. The maximum absolute atomic E-state index is 11.7. The minimum Gasteiger partial charge on any atom is -0.493 e. The Bertz CT molecular complexity index is 880. The first kappa shape index (κ1) is 20.3. The molecule has 1 atom stereocenters. The molecule has 2 aromatic carbocycles. The van der Waals surface area contributed by atoms with Gasteiger partial charge in [0, 0.05) is 6.21 Å². The Labute approximate surface area is 161 Å². The molecule has 7 nitrogen and oxygen atoms in total. The number of hydrogen-bond donors (Lipinski definition) is 1. The second kappa shape index (κ2) is 9.05. The number of aliphatic imine (C=N–C) groups is 1. The molecule has 0 unspecified atom stereocenters. The predicted octanol–water partition coefficient (Wildman–Crippen LogP) is 3.74. The maximum atomic E-state index is 11.7. The van der Waals surface area contributed by atoms with Gasteiger partial charge in [0.15, 0.2) is 17.6 Å². The molecule has 0 aliphatic heterocycles. The van der Waals surface area contributed by atoms with E-state index >= 15 is 0 Å². The van der Waals surface area contributed by atoms with Crippen LogP contribution in [-0.4, -0.2) is 43.6 Å². The molecule has 0 aromatic heterocycles. The summed E-state index contributed by atoms with van der Waals surface area (Å²) in [4.78, 5) is 26.9. The second-order valence-corrected chi connectivity index (χ2v) is 5.83. The highest BCUT2D eigenvalue weighted by Gasteiger charge is 2.15. The van der Waals surface area contributed by atoms with E-state index in [-0.39, 0.29) is 10.6 Å². The number of esters is 1. The van der Waals surface area contributed by atoms with Gasteiger partial charge in [-0.15, -0.1) is 0 Å². The number of carbonyl (C=O) groups excluding carboxylic acids is 1. The van der Waals surface area contributed by atoms with Crippen LogP contribution in [0.5, 0.6) is 11.5 Å². The summed E-state index contributed by atoms with van der Waals surface area (Å²) in [5, 5.41) is 9.22. The van der Waals surface area contributed by atoms with Crippen molar-refractivity contribution in [3.63, 3.8) is 0 Å². The molecule has 0 spiro atoms. The first-order valence-corrected chi connectivity index (χ1v) is 8.23. The minimum absolute atomic E-state index is 0.220. The van der Waals surface area contributed by atoms with Crippen molar-refractivity contribution in [1.82, 2.24) is 0 Å². The van der Waals surface area contributed by atoms with Crippen LogP contribution in [-0.2, 0) is 9.53 Å². The van der Waals surface area contributed by atoms with Crippen molar-refractivity contribution in [3.8, 4) is 11.5 Å². The molecule has 1 N–H and O–H groups in total. The van der Waals surface area contributed by atoms with E-state index in [9.17, 15) is 9.59 Å². The van der Waals surface area contributed by atoms with E-state index in [2.05, 4.69) is 9.73 Å². The molecule has 8 heteroatoms. The summed E-state index contributed by atoms with van der Waals surface area (Å²) in [7, 11) is 2.73. The van der Waals surface area contributed by atoms with Gasteiger partial charge < -0.3 is 19.3 Å². The standard InChI is InChI=1S/C19H18ClNO6/c1-11(18(22)23)27-16-7-4-12(8-17(16)25-2)10-21-13-5-6-15(20)14(9-13)19(24)26-3/h4-11H,1-3H3,(H,22,23)/t11-/m1/s1. The highest BCUT2D eigenvalue weighted by Crippen LogP contribution is 2.29. The van der Waals surface area contributed by atoms with Crippen molar-refractivity contribution < 1.29 is 28.9 Å². The van der Waals surface area contributed by atoms with Crippen LogP contribution in [0.25, 0.3) is 0 Å². The van der Waals surface area contributed by atoms with Gasteiger partial charge in [0.1, 0.15) is 0 Å². The molecule has 2 aromatic rings. The predicted molar refractivity (Wildman–Crippen MR) is 101 cm³/mol. The van der Waals surface area contributed by atoms with Crippen LogP contribution in [0.1, 0.15) is 22.8 Å². The Kier molecular flexibility index (Phi) is 6.79. The van der Waals surface area contributed by atoms with E-state index in [4.69, 9.17) is 26.2 Å². The van der Waals surface area contributed by atoms with Gasteiger partial charge in [-0.2, -0.15) is 0 Å². The Morgan fingerprint density at radius 2 is 1.89 bits per heavy atom. The van der Waals surface area contributed by atoms with E-state index < -0.39 is 18.0 Å². The number of rotatable bonds is 7. The highest BCUT2D eigenvalue weighted by molar-refractivity contribution is 6.33. The SMILES string of the molecule is COC(=O)c1cc(N=Cc2ccc(O[C@H](C)C(=O)O)c(OC)c2)ccc1Cl. The molecule has 0 saturated carbocycles. The van der Waals surface area contributed by atoms with Crippen LogP contribution in [0.3, 0.4) is 0 Å². The molecule has 2 rings (SSSR count). The zero-order chi connectivity index (χ0) is 20.0. The zero-order valence-electron chi connectivity index (χ0n) is 14.9. The topological polar surface area (TPSA) is 94.4 Å². The molecule has 0 amide bonds. The summed E-state index contributed by atoms with van der Waals surface area (Å²) in [6.45, 7) is 1.43. The van der Waals surface area contributed by atoms with Crippen LogP contribution >= 0.6 is 11.6 Å². The van der Waals surface area contributed by atoms with Gasteiger partial charge in [-0.3, -0.25) is 4.99 Å². The van der Waals surface area contributed by atoms with E-state index in [1.165, 1.54) is 27.2 Å². The molecule has 27 heavy (non-hydrogen) atoms. The molecule has 0 aliphatic carbocycles. The summed E-state index contributed by atoms with van der Waals surface area (Å²) in [5.74, 6) is -0.943. The third-order valence-electron chi connectivity index (χ3n) is 3.56. The van der Waals surface area contributed by atoms with Gasteiger partial charge in [0.2, 0.25) is 0 Å². The number of benzene rings is 2. The van der Waals surface area contributed by atoms with Gasteiger partial charge in [-0.1, -0.05) is 11.6 Å². The van der Waals surface area contributed by atoms with Gasteiger partial charge in [0.25, 0.3) is 0 Å². The Morgan fingerprint density at radius 1 is 1.15 bits per heavy atom. The Balaban J connectivity index is 2.24. The monoisotopic (exact) mass is 391 g/mol.